The number of anilines is 1. The van der Waals surface area contributed by atoms with E-state index in [4.69, 9.17) is 4.42 Å². The van der Waals surface area contributed by atoms with Crippen LogP contribution in [0.5, 0.6) is 0 Å². The van der Waals surface area contributed by atoms with Crippen LogP contribution in [0.2, 0.25) is 0 Å². The Balaban J connectivity index is 1.49. The monoisotopic (exact) mass is 396 g/mol. The van der Waals surface area contributed by atoms with Crippen LogP contribution >= 0.6 is 0 Å². The molecule has 0 N–H and O–H groups in total. The molecule has 0 amide bonds. The molecule has 1 saturated heterocycles. The summed E-state index contributed by atoms with van der Waals surface area (Å²) in [5, 5.41) is 0. The Hall–Kier alpha value is -3.46. The lowest BCUT2D eigenvalue weighted by atomic mass is 10.00. The Kier molecular flexibility index (Phi) is 6.19. The molecule has 0 radical (unpaired) electrons. The Morgan fingerprint density at radius 3 is 2.27 bits per heavy atom. The summed E-state index contributed by atoms with van der Waals surface area (Å²) in [7, 11) is 0. The van der Waals surface area contributed by atoms with E-state index in [0.29, 0.717) is 0 Å². The maximum atomic E-state index is 5.51. The van der Waals surface area contributed by atoms with Gasteiger partial charge in [0.1, 0.15) is 5.76 Å². The molecule has 3 aromatic rings. The number of furan rings is 1. The van der Waals surface area contributed by atoms with Crippen molar-refractivity contribution in [2.75, 3.05) is 31.1 Å². The van der Waals surface area contributed by atoms with E-state index in [2.05, 4.69) is 89.2 Å². The summed E-state index contributed by atoms with van der Waals surface area (Å²) in [5.74, 6) is 0.883. The molecule has 0 bridgehead atoms. The van der Waals surface area contributed by atoms with Crippen LogP contribution in [0.4, 0.5) is 5.69 Å². The van der Waals surface area contributed by atoms with Crippen molar-refractivity contribution in [3.8, 4) is 11.3 Å². The SMILES string of the molecule is C=C(/C(=C\C=C/C)N1CCN(c2ccccc2)CC1)c1ccc(-c2ccco2)cc1. The van der Waals surface area contributed by atoms with E-state index in [1.165, 1.54) is 11.4 Å². The quantitative estimate of drug-likeness (QED) is 0.460. The third kappa shape index (κ3) is 4.41. The van der Waals surface area contributed by atoms with Crippen LogP contribution < -0.4 is 4.90 Å². The molecule has 1 aromatic heterocycles. The highest BCUT2D eigenvalue weighted by Crippen LogP contribution is 2.29. The summed E-state index contributed by atoms with van der Waals surface area (Å²) < 4.78 is 5.51. The van der Waals surface area contributed by atoms with Gasteiger partial charge >= 0.3 is 0 Å². The van der Waals surface area contributed by atoms with Gasteiger partial charge in [-0.3, -0.25) is 0 Å². The molecule has 4 rings (SSSR count). The van der Waals surface area contributed by atoms with Gasteiger partial charge in [0.25, 0.3) is 0 Å². The third-order valence-corrected chi connectivity index (χ3v) is 5.54. The third-order valence-electron chi connectivity index (χ3n) is 5.54. The first-order chi connectivity index (χ1) is 14.8. The normalized spacial score (nSPS) is 15.0. The zero-order valence-electron chi connectivity index (χ0n) is 17.5. The molecule has 1 fully saturated rings. The van der Waals surface area contributed by atoms with Gasteiger partial charge < -0.3 is 14.2 Å². The number of rotatable bonds is 6. The van der Waals surface area contributed by atoms with Crippen molar-refractivity contribution in [2.24, 2.45) is 0 Å². The molecule has 152 valence electrons. The van der Waals surface area contributed by atoms with Crippen molar-refractivity contribution in [1.29, 1.82) is 0 Å². The van der Waals surface area contributed by atoms with E-state index >= 15 is 0 Å². The number of piperazine rings is 1. The number of hydrogen-bond acceptors (Lipinski definition) is 3. The summed E-state index contributed by atoms with van der Waals surface area (Å²) in [6.45, 7) is 10.4. The number of allylic oxidation sites excluding steroid dienone is 4. The number of hydrogen-bond donors (Lipinski definition) is 0. The van der Waals surface area contributed by atoms with Gasteiger partial charge in [0.15, 0.2) is 0 Å². The zero-order valence-corrected chi connectivity index (χ0v) is 17.5. The first-order valence-electron chi connectivity index (χ1n) is 10.5. The molecule has 2 heterocycles. The van der Waals surface area contributed by atoms with Gasteiger partial charge in [-0.05, 0) is 48.4 Å². The van der Waals surface area contributed by atoms with Crippen LogP contribution in [-0.2, 0) is 0 Å². The molecular weight excluding hydrogens is 368 g/mol. The molecule has 3 nitrogen and oxygen atoms in total. The molecule has 0 aliphatic carbocycles. The maximum absolute atomic E-state index is 5.51. The molecule has 0 atom stereocenters. The largest absolute Gasteiger partial charge is 0.464 e. The van der Waals surface area contributed by atoms with Crippen molar-refractivity contribution >= 4 is 11.3 Å². The summed E-state index contributed by atoms with van der Waals surface area (Å²) >= 11 is 0. The molecule has 0 saturated carbocycles. The number of benzene rings is 2. The van der Waals surface area contributed by atoms with Crippen molar-refractivity contribution in [3.63, 3.8) is 0 Å². The van der Waals surface area contributed by atoms with Gasteiger partial charge in [-0.1, -0.05) is 61.2 Å². The topological polar surface area (TPSA) is 19.6 Å². The van der Waals surface area contributed by atoms with Crippen LogP contribution in [0.1, 0.15) is 12.5 Å². The number of nitrogens with zero attached hydrogens (tertiary/aromatic N) is 2. The highest BCUT2D eigenvalue weighted by Gasteiger charge is 2.21. The van der Waals surface area contributed by atoms with Crippen LogP contribution in [0.25, 0.3) is 16.9 Å². The molecule has 3 heteroatoms. The van der Waals surface area contributed by atoms with E-state index in [0.717, 1.165) is 48.6 Å². The highest BCUT2D eigenvalue weighted by molar-refractivity contribution is 5.78. The first kappa shape index (κ1) is 19.8. The minimum absolute atomic E-state index is 0.883. The second kappa shape index (κ2) is 9.36. The van der Waals surface area contributed by atoms with Crippen LogP contribution in [-0.4, -0.2) is 31.1 Å². The van der Waals surface area contributed by atoms with Crippen LogP contribution in [0, 0.1) is 0 Å². The molecule has 2 aromatic carbocycles. The predicted molar refractivity (Wildman–Crippen MR) is 126 cm³/mol. The molecule has 1 aliphatic rings. The van der Waals surface area contributed by atoms with Crippen molar-refractivity contribution in [2.45, 2.75) is 6.92 Å². The zero-order chi connectivity index (χ0) is 20.8. The first-order valence-corrected chi connectivity index (χ1v) is 10.5. The van der Waals surface area contributed by atoms with E-state index in [1.54, 1.807) is 6.26 Å². The average Bonchev–Trinajstić information content (AvgIpc) is 3.35. The van der Waals surface area contributed by atoms with Crippen molar-refractivity contribution in [1.82, 2.24) is 4.90 Å². The van der Waals surface area contributed by atoms with Gasteiger partial charge in [0, 0.05) is 43.1 Å². The van der Waals surface area contributed by atoms with Gasteiger partial charge in [-0.15, -0.1) is 0 Å². The predicted octanol–water partition coefficient (Wildman–Crippen LogP) is 6.24. The standard InChI is InChI=1S/C27H28N2O/c1-3-4-11-26(29-19-17-28(18-20-29)25-9-6-5-7-10-25)22(2)23-13-15-24(16-14-23)27-12-8-21-30-27/h3-16,21H,2,17-20H2,1H3/b4-3-,26-11+. The number of para-hydroxylation sites is 1. The second-order valence-corrected chi connectivity index (χ2v) is 7.42. The van der Waals surface area contributed by atoms with Gasteiger partial charge in [0.2, 0.25) is 0 Å². The van der Waals surface area contributed by atoms with Gasteiger partial charge in [-0.2, -0.15) is 0 Å². The molecule has 1 aliphatic heterocycles. The average molecular weight is 397 g/mol. The van der Waals surface area contributed by atoms with E-state index < -0.39 is 0 Å². The van der Waals surface area contributed by atoms with E-state index in [9.17, 15) is 0 Å². The van der Waals surface area contributed by atoms with Crippen LogP contribution in [0.3, 0.4) is 0 Å². The lowest BCUT2D eigenvalue weighted by molar-refractivity contribution is 0.333. The van der Waals surface area contributed by atoms with E-state index in [-0.39, 0.29) is 0 Å². The fourth-order valence-electron chi connectivity index (χ4n) is 3.85. The van der Waals surface area contributed by atoms with E-state index in [1.807, 2.05) is 19.1 Å². The minimum atomic E-state index is 0.883. The fourth-order valence-corrected chi connectivity index (χ4v) is 3.85. The summed E-state index contributed by atoms with van der Waals surface area (Å²) in [6.07, 6.45) is 8.05. The Morgan fingerprint density at radius 1 is 0.900 bits per heavy atom. The van der Waals surface area contributed by atoms with Crippen LogP contribution in [0.15, 0.2) is 108 Å². The maximum Gasteiger partial charge on any atom is 0.133 e. The smallest absolute Gasteiger partial charge is 0.133 e. The molecular formula is C27H28N2O. The highest BCUT2D eigenvalue weighted by atomic mass is 16.3. The Bertz CT molecular complexity index is 1010. The molecule has 0 unspecified atom stereocenters. The lowest BCUT2D eigenvalue weighted by Crippen LogP contribution is -2.46. The molecule has 0 spiro atoms. The Morgan fingerprint density at radius 2 is 1.63 bits per heavy atom. The lowest BCUT2D eigenvalue weighted by Gasteiger charge is -2.39. The fraction of sp³-hybridized carbons (Fsp3) is 0.185. The molecule has 30 heavy (non-hydrogen) atoms. The summed E-state index contributed by atoms with van der Waals surface area (Å²) in [5.41, 5.74) is 5.74. The van der Waals surface area contributed by atoms with Crippen molar-refractivity contribution < 1.29 is 4.42 Å². The van der Waals surface area contributed by atoms with Gasteiger partial charge in [0.05, 0.1) is 6.26 Å². The van der Waals surface area contributed by atoms with Crippen molar-refractivity contribution in [3.05, 3.63) is 109 Å². The second-order valence-electron chi connectivity index (χ2n) is 7.42. The Labute approximate surface area is 179 Å². The van der Waals surface area contributed by atoms with Gasteiger partial charge in [-0.25, -0.2) is 0 Å². The summed E-state index contributed by atoms with van der Waals surface area (Å²) in [6, 6.07) is 23.0. The summed E-state index contributed by atoms with van der Waals surface area (Å²) in [4.78, 5) is 4.90. The minimum Gasteiger partial charge on any atom is -0.464 e.